The largest absolute Gasteiger partial charge is 0.303 e. The molecule has 0 N–H and O–H groups in total. The molecule has 2 rings (SSSR count). The summed E-state index contributed by atoms with van der Waals surface area (Å²) in [4.78, 5) is 11.7. The third-order valence-electron chi connectivity index (χ3n) is 2.43. The zero-order valence-corrected chi connectivity index (χ0v) is 9.38. The Bertz CT molecular complexity index is 491. The first-order valence-corrected chi connectivity index (χ1v) is 6.06. The molecule has 0 radical (unpaired) electrons. The Labute approximate surface area is 93.5 Å². The minimum Gasteiger partial charge on any atom is -0.303 e. The summed E-state index contributed by atoms with van der Waals surface area (Å²) in [6.07, 6.45) is 3.51. The molecule has 0 aliphatic heterocycles. The van der Waals surface area contributed by atoms with Crippen molar-refractivity contribution in [3.63, 3.8) is 0 Å². The Morgan fingerprint density at radius 1 is 1.13 bits per heavy atom. The van der Waals surface area contributed by atoms with Gasteiger partial charge in [0.05, 0.1) is 0 Å². The highest BCUT2D eigenvalue weighted by molar-refractivity contribution is 7.98. The molecule has 0 spiro atoms. The molecule has 0 unspecified atom stereocenters. The number of rotatable bonds is 3. The van der Waals surface area contributed by atoms with Crippen molar-refractivity contribution >= 4 is 28.8 Å². The van der Waals surface area contributed by atoms with Crippen molar-refractivity contribution in [2.45, 2.75) is 11.3 Å². The number of carbonyl (C=O) groups is 1. The number of carbonyl (C=O) groups excluding carboxylic acids is 1. The number of benzene rings is 2. The van der Waals surface area contributed by atoms with Crippen molar-refractivity contribution in [3.8, 4) is 0 Å². The van der Waals surface area contributed by atoms with Gasteiger partial charge in [-0.25, -0.2) is 0 Å². The number of thioether (sulfide) groups is 1. The average Bonchev–Trinajstić information content (AvgIpc) is 2.29. The van der Waals surface area contributed by atoms with Crippen molar-refractivity contribution in [2.75, 3.05) is 6.26 Å². The third-order valence-corrected chi connectivity index (χ3v) is 3.16. The Morgan fingerprint density at radius 2 is 1.87 bits per heavy atom. The molecule has 1 nitrogen and oxygen atoms in total. The summed E-state index contributed by atoms with van der Waals surface area (Å²) in [5.41, 5.74) is 1.08. The number of hydrogen-bond donors (Lipinski definition) is 0. The summed E-state index contributed by atoms with van der Waals surface area (Å²) in [5.74, 6) is 0. The minimum absolute atomic E-state index is 0.500. The van der Waals surface area contributed by atoms with E-state index in [9.17, 15) is 4.79 Å². The standard InChI is InChI=1S/C13H12OS/c1-15-13-5-4-11-8-10(6-7-14)2-3-12(11)9-13/h2-5,7-9H,6H2,1H3. The summed E-state index contributed by atoms with van der Waals surface area (Å²) in [7, 11) is 0. The van der Waals surface area contributed by atoms with E-state index in [-0.39, 0.29) is 0 Å². The fourth-order valence-corrected chi connectivity index (χ4v) is 2.07. The normalized spacial score (nSPS) is 10.5. The molecule has 0 saturated heterocycles. The molecule has 0 bridgehead atoms. The Kier molecular flexibility index (Phi) is 3.07. The van der Waals surface area contributed by atoms with Gasteiger partial charge >= 0.3 is 0 Å². The predicted octanol–water partition coefficient (Wildman–Crippen LogP) is 3.30. The molecule has 0 fully saturated rings. The van der Waals surface area contributed by atoms with E-state index >= 15 is 0 Å². The van der Waals surface area contributed by atoms with E-state index in [1.54, 1.807) is 11.8 Å². The Hall–Kier alpha value is -1.28. The lowest BCUT2D eigenvalue weighted by Gasteiger charge is -2.02. The zero-order valence-electron chi connectivity index (χ0n) is 8.57. The summed E-state index contributed by atoms with van der Waals surface area (Å²) in [6, 6.07) is 12.6. The van der Waals surface area contributed by atoms with Gasteiger partial charge in [-0.05, 0) is 34.7 Å². The third kappa shape index (κ3) is 2.21. The molecule has 0 aromatic heterocycles. The summed E-state index contributed by atoms with van der Waals surface area (Å²) >= 11 is 1.74. The van der Waals surface area contributed by atoms with Crippen LogP contribution in [0.5, 0.6) is 0 Å². The van der Waals surface area contributed by atoms with Crippen molar-refractivity contribution in [1.82, 2.24) is 0 Å². The molecule has 0 amide bonds. The lowest BCUT2D eigenvalue weighted by molar-refractivity contribution is -0.107. The predicted molar refractivity (Wildman–Crippen MR) is 65.5 cm³/mol. The molecular weight excluding hydrogens is 204 g/mol. The number of hydrogen-bond acceptors (Lipinski definition) is 2. The van der Waals surface area contributed by atoms with Crippen LogP contribution < -0.4 is 0 Å². The van der Waals surface area contributed by atoms with Gasteiger partial charge in [-0.15, -0.1) is 11.8 Å². The zero-order chi connectivity index (χ0) is 10.7. The van der Waals surface area contributed by atoms with Crippen LogP contribution >= 0.6 is 11.8 Å². The maximum absolute atomic E-state index is 10.4. The topological polar surface area (TPSA) is 17.1 Å². The fraction of sp³-hybridized carbons (Fsp3) is 0.154. The molecule has 0 aliphatic carbocycles. The molecule has 0 heterocycles. The second kappa shape index (κ2) is 4.49. The number of fused-ring (bicyclic) bond motifs is 1. The second-order valence-electron chi connectivity index (χ2n) is 3.42. The van der Waals surface area contributed by atoms with E-state index in [0.717, 1.165) is 11.8 Å². The lowest BCUT2D eigenvalue weighted by atomic mass is 10.1. The van der Waals surface area contributed by atoms with E-state index in [2.05, 4.69) is 36.6 Å². The van der Waals surface area contributed by atoms with Crippen molar-refractivity contribution in [1.29, 1.82) is 0 Å². The van der Waals surface area contributed by atoms with E-state index < -0.39 is 0 Å². The molecule has 2 aromatic carbocycles. The van der Waals surface area contributed by atoms with Crippen molar-refractivity contribution < 1.29 is 4.79 Å². The highest BCUT2D eigenvalue weighted by Crippen LogP contribution is 2.22. The Balaban J connectivity index is 2.49. The van der Waals surface area contributed by atoms with Crippen LogP contribution in [0.4, 0.5) is 0 Å². The van der Waals surface area contributed by atoms with Gasteiger partial charge in [-0.2, -0.15) is 0 Å². The second-order valence-corrected chi connectivity index (χ2v) is 4.30. The van der Waals surface area contributed by atoms with Crippen LogP contribution in [0.2, 0.25) is 0 Å². The Morgan fingerprint density at radius 3 is 2.60 bits per heavy atom. The van der Waals surface area contributed by atoms with Crippen LogP contribution in [-0.4, -0.2) is 12.5 Å². The quantitative estimate of drug-likeness (QED) is 0.578. The monoisotopic (exact) mass is 216 g/mol. The maximum Gasteiger partial charge on any atom is 0.124 e. The van der Waals surface area contributed by atoms with Gasteiger partial charge in [-0.1, -0.05) is 24.3 Å². The first-order chi connectivity index (χ1) is 7.33. The van der Waals surface area contributed by atoms with Crippen LogP contribution in [-0.2, 0) is 11.2 Å². The minimum atomic E-state index is 0.500. The van der Waals surface area contributed by atoms with Gasteiger partial charge in [-0.3, -0.25) is 0 Å². The van der Waals surface area contributed by atoms with Crippen LogP contribution in [0, 0.1) is 0 Å². The molecule has 76 valence electrons. The highest BCUT2D eigenvalue weighted by Gasteiger charge is 1.97. The maximum atomic E-state index is 10.4. The van der Waals surface area contributed by atoms with Gasteiger partial charge in [0.1, 0.15) is 6.29 Å². The van der Waals surface area contributed by atoms with Gasteiger partial charge < -0.3 is 4.79 Å². The average molecular weight is 216 g/mol. The molecule has 2 heteroatoms. The van der Waals surface area contributed by atoms with Gasteiger partial charge in [0.25, 0.3) is 0 Å². The van der Waals surface area contributed by atoms with Crippen LogP contribution in [0.3, 0.4) is 0 Å². The lowest BCUT2D eigenvalue weighted by Crippen LogP contribution is -1.85. The first kappa shape index (κ1) is 10.2. The molecular formula is C13H12OS. The summed E-state index contributed by atoms with van der Waals surface area (Å²) in [5, 5.41) is 2.43. The number of aldehydes is 1. The fourth-order valence-electron chi connectivity index (χ4n) is 1.62. The smallest absolute Gasteiger partial charge is 0.124 e. The van der Waals surface area contributed by atoms with E-state index in [1.165, 1.54) is 15.7 Å². The van der Waals surface area contributed by atoms with Crippen LogP contribution in [0.1, 0.15) is 5.56 Å². The molecule has 0 saturated carbocycles. The van der Waals surface area contributed by atoms with Crippen LogP contribution in [0.15, 0.2) is 41.3 Å². The van der Waals surface area contributed by atoms with E-state index in [1.807, 2.05) is 6.07 Å². The first-order valence-electron chi connectivity index (χ1n) is 4.84. The van der Waals surface area contributed by atoms with Crippen molar-refractivity contribution in [3.05, 3.63) is 42.0 Å². The molecule has 2 aromatic rings. The summed E-state index contributed by atoms with van der Waals surface area (Å²) < 4.78 is 0. The van der Waals surface area contributed by atoms with Crippen LogP contribution in [0.25, 0.3) is 10.8 Å². The molecule has 15 heavy (non-hydrogen) atoms. The highest BCUT2D eigenvalue weighted by atomic mass is 32.2. The van der Waals surface area contributed by atoms with Crippen molar-refractivity contribution in [2.24, 2.45) is 0 Å². The van der Waals surface area contributed by atoms with E-state index in [4.69, 9.17) is 0 Å². The molecule has 0 atom stereocenters. The summed E-state index contributed by atoms with van der Waals surface area (Å²) in [6.45, 7) is 0. The van der Waals surface area contributed by atoms with Gasteiger partial charge in [0.2, 0.25) is 0 Å². The van der Waals surface area contributed by atoms with Gasteiger partial charge in [0.15, 0.2) is 0 Å². The SMILES string of the molecule is CSc1ccc2cc(CC=O)ccc2c1. The van der Waals surface area contributed by atoms with Gasteiger partial charge in [0, 0.05) is 11.3 Å². The molecule has 0 aliphatic rings. The van der Waals surface area contributed by atoms with E-state index in [0.29, 0.717) is 6.42 Å².